The zero-order chi connectivity index (χ0) is 30.3. The van der Waals surface area contributed by atoms with E-state index in [0.717, 1.165) is 15.2 Å². The molecule has 5 aromatic rings. The molecular formula is C31H29BrFN7O3. The van der Waals surface area contributed by atoms with Crippen molar-refractivity contribution in [2.24, 2.45) is 0 Å². The second kappa shape index (κ2) is 11.3. The molecule has 0 radical (unpaired) electrons. The number of ether oxygens (including phenoxy) is 1. The molecule has 4 heterocycles. The number of anilines is 1. The molecule has 2 aromatic carbocycles. The standard InChI is InChI=1S/C31H29BrFN7O3/c1-31(2,3)43-30(42)38-15-5-6-22(18-38)39(27-24-16-20(32)9-8-19(24)12-14-35-27)29(41)23-11-10-21(17-25(23)33)40-28-26(36-37-40)7-4-13-34-28/h4,7-14,16-17,22H,5-6,15,18H2,1-3H3/t22-/m1/s1. The van der Waals surface area contributed by atoms with Crippen molar-refractivity contribution in [2.75, 3.05) is 18.0 Å². The van der Waals surface area contributed by atoms with E-state index in [0.29, 0.717) is 42.1 Å². The van der Waals surface area contributed by atoms with Gasteiger partial charge >= 0.3 is 6.09 Å². The number of piperidine rings is 1. The molecule has 3 aromatic heterocycles. The van der Waals surface area contributed by atoms with Crippen LogP contribution in [-0.2, 0) is 4.74 Å². The van der Waals surface area contributed by atoms with Gasteiger partial charge < -0.3 is 9.64 Å². The number of carbonyl (C=O) groups is 2. The smallest absolute Gasteiger partial charge is 0.410 e. The molecular weight excluding hydrogens is 617 g/mol. The van der Waals surface area contributed by atoms with E-state index in [2.05, 4.69) is 36.2 Å². The van der Waals surface area contributed by atoms with Gasteiger partial charge in [0.05, 0.1) is 17.3 Å². The fourth-order valence-corrected chi connectivity index (χ4v) is 5.65. The van der Waals surface area contributed by atoms with Crippen molar-refractivity contribution in [3.05, 3.63) is 82.8 Å². The lowest BCUT2D eigenvalue weighted by Gasteiger charge is -2.39. The highest BCUT2D eigenvalue weighted by atomic mass is 79.9. The third-order valence-corrected chi connectivity index (χ3v) is 7.70. The van der Waals surface area contributed by atoms with Crippen LogP contribution in [0.1, 0.15) is 44.0 Å². The number of nitrogens with zero attached hydrogens (tertiary/aromatic N) is 7. The molecule has 43 heavy (non-hydrogen) atoms. The van der Waals surface area contributed by atoms with Crippen molar-refractivity contribution in [3.63, 3.8) is 0 Å². The number of amides is 2. The van der Waals surface area contributed by atoms with E-state index in [4.69, 9.17) is 4.74 Å². The molecule has 0 spiro atoms. The number of fused-ring (bicyclic) bond motifs is 2. The lowest BCUT2D eigenvalue weighted by Crippen LogP contribution is -2.53. The molecule has 1 atom stereocenters. The van der Waals surface area contributed by atoms with Crippen molar-refractivity contribution in [1.29, 1.82) is 0 Å². The third kappa shape index (κ3) is 5.79. The summed E-state index contributed by atoms with van der Waals surface area (Å²) in [6.45, 7) is 6.13. The number of halogens is 2. The Kier molecular flexibility index (Phi) is 7.55. The Hall–Kier alpha value is -4.45. The van der Waals surface area contributed by atoms with Crippen LogP contribution in [0.25, 0.3) is 27.6 Å². The van der Waals surface area contributed by atoms with Crippen LogP contribution in [0.3, 0.4) is 0 Å². The molecule has 0 N–H and O–H groups in total. The van der Waals surface area contributed by atoms with Crippen LogP contribution in [0.2, 0.25) is 0 Å². The Balaban J connectivity index is 1.41. The van der Waals surface area contributed by atoms with Gasteiger partial charge in [-0.3, -0.25) is 9.69 Å². The van der Waals surface area contributed by atoms with Crippen molar-refractivity contribution in [3.8, 4) is 5.69 Å². The SMILES string of the molecule is CC(C)(C)OC(=O)N1CCC[C@@H](N(C(=O)c2ccc(-n3nnc4cccnc43)cc2F)c2nccc3ccc(Br)cc23)C1. The molecule has 1 aliphatic rings. The summed E-state index contributed by atoms with van der Waals surface area (Å²) in [6.07, 6.45) is 4.00. The van der Waals surface area contributed by atoms with Crippen molar-refractivity contribution >= 4 is 55.7 Å². The molecule has 1 fully saturated rings. The minimum absolute atomic E-state index is 0.135. The van der Waals surface area contributed by atoms with E-state index >= 15 is 4.39 Å². The number of rotatable bonds is 4. The quantitative estimate of drug-likeness (QED) is 0.225. The van der Waals surface area contributed by atoms with Crippen LogP contribution >= 0.6 is 15.9 Å². The molecule has 0 bridgehead atoms. The first kappa shape index (κ1) is 28.7. The maximum Gasteiger partial charge on any atom is 0.410 e. The van der Waals surface area contributed by atoms with Gasteiger partial charge in [0.1, 0.15) is 22.8 Å². The van der Waals surface area contributed by atoms with E-state index < -0.39 is 29.5 Å². The van der Waals surface area contributed by atoms with Gasteiger partial charge in [-0.25, -0.2) is 19.2 Å². The molecule has 2 amide bonds. The average molecular weight is 647 g/mol. The Morgan fingerprint density at radius 3 is 2.70 bits per heavy atom. The first-order valence-electron chi connectivity index (χ1n) is 13.9. The summed E-state index contributed by atoms with van der Waals surface area (Å²) in [4.78, 5) is 39.4. The highest BCUT2D eigenvalue weighted by Gasteiger charge is 2.36. The average Bonchev–Trinajstić information content (AvgIpc) is 3.41. The predicted molar refractivity (Wildman–Crippen MR) is 164 cm³/mol. The number of hydrogen-bond donors (Lipinski definition) is 0. The van der Waals surface area contributed by atoms with Crippen LogP contribution in [0.4, 0.5) is 15.0 Å². The van der Waals surface area contributed by atoms with E-state index in [1.165, 1.54) is 21.7 Å². The summed E-state index contributed by atoms with van der Waals surface area (Å²) in [6, 6.07) is 14.9. The first-order chi connectivity index (χ1) is 20.6. The normalized spacial score (nSPS) is 15.6. The van der Waals surface area contributed by atoms with E-state index in [1.54, 1.807) is 35.5 Å². The minimum atomic E-state index is -0.728. The minimum Gasteiger partial charge on any atom is -0.444 e. The number of aromatic nitrogens is 5. The van der Waals surface area contributed by atoms with Crippen LogP contribution in [0.15, 0.2) is 71.5 Å². The summed E-state index contributed by atoms with van der Waals surface area (Å²) >= 11 is 3.53. The first-order valence-corrected chi connectivity index (χ1v) is 14.7. The van der Waals surface area contributed by atoms with Crippen LogP contribution in [0.5, 0.6) is 0 Å². The maximum absolute atomic E-state index is 15.9. The molecule has 1 aliphatic heterocycles. The predicted octanol–water partition coefficient (Wildman–Crippen LogP) is 6.31. The molecule has 220 valence electrons. The van der Waals surface area contributed by atoms with Gasteiger partial charge in [0.2, 0.25) is 0 Å². The Labute approximate surface area is 255 Å². The number of hydrogen-bond acceptors (Lipinski definition) is 7. The number of benzene rings is 2. The van der Waals surface area contributed by atoms with Gasteiger partial charge in [-0.2, -0.15) is 4.68 Å². The summed E-state index contributed by atoms with van der Waals surface area (Å²) in [5.74, 6) is -0.912. The largest absolute Gasteiger partial charge is 0.444 e. The molecule has 10 nitrogen and oxygen atoms in total. The molecule has 0 saturated carbocycles. The monoisotopic (exact) mass is 645 g/mol. The fraction of sp³-hybridized carbons (Fsp3) is 0.290. The van der Waals surface area contributed by atoms with Crippen LogP contribution in [-0.4, -0.2) is 66.6 Å². The maximum atomic E-state index is 15.9. The van der Waals surface area contributed by atoms with E-state index in [-0.39, 0.29) is 12.1 Å². The van der Waals surface area contributed by atoms with Crippen molar-refractivity contribution in [2.45, 2.75) is 45.3 Å². The molecule has 6 rings (SSSR count). The van der Waals surface area contributed by atoms with Gasteiger partial charge in [-0.15, -0.1) is 5.10 Å². The Morgan fingerprint density at radius 1 is 1.07 bits per heavy atom. The van der Waals surface area contributed by atoms with E-state index in [1.807, 2.05) is 45.0 Å². The number of carbonyl (C=O) groups excluding carboxylic acids is 2. The Morgan fingerprint density at radius 2 is 1.91 bits per heavy atom. The number of likely N-dealkylation sites (tertiary alicyclic amines) is 1. The second-order valence-corrected chi connectivity index (χ2v) is 12.3. The molecule has 0 aliphatic carbocycles. The third-order valence-electron chi connectivity index (χ3n) is 7.20. The summed E-state index contributed by atoms with van der Waals surface area (Å²) in [7, 11) is 0. The fourth-order valence-electron chi connectivity index (χ4n) is 5.29. The summed E-state index contributed by atoms with van der Waals surface area (Å²) in [5.41, 5.74) is 0.609. The second-order valence-electron chi connectivity index (χ2n) is 11.4. The highest BCUT2D eigenvalue weighted by Crippen LogP contribution is 2.33. The van der Waals surface area contributed by atoms with Gasteiger partial charge in [-0.1, -0.05) is 27.2 Å². The van der Waals surface area contributed by atoms with Gasteiger partial charge in [0.15, 0.2) is 5.65 Å². The summed E-state index contributed by atoms with van der Waals surface area (Å²) < 4.78 is 23.7. The van der Waals surface area contributed by atoms with Gasteiger partial charge in [0.25, 0.3) is 5.91 Å². The highest BCUT2D eigenvalue weighted by molar-refractivity contribution is 9.10. The van der Waals surface area contributed by atoms with Crippen molar-refractivity contribution in [1.82, 2.24) is 29.9 Å². The lowest BCUT2D eigenvalue weighted by atomic mass is 10.0. The molecule has 12 heteroatoms. The zero-order valence-corrected chi connectivity index (χ0v) is 25.5. The van der Waals surface area contributed by atoms with Gasteiger partial charge in [0, 0.05) is 41.4 Å². The van der Waals surface area contributed by atoms with Crippen molar-refractivity contribution < 1.29 is 18.7 Å². The van der Waals surface area contributed by atoms with Gasteiger partial charge in [-0.05, 0) is 81.5 Å². The molecule has 0 unspecified atom stereocenters. The lowest BCUT2D eigenvalue weighted by molar-refractivity contribution is 0.0196. The topological polar surface area (TPSA) is 106 Å². The van der Waals surface area contributed by atoms with Crippen LogP contribution < -0.4 is 4.90 Å². The zero-order valence-electron chi connectivity index (χ0n) is 23.9. The Bertz CT molecular complexity index is 1850. The van der Waals surface area contributed by atoms with E-state index in [9.17, 15) is 9.59 Å². The number of pyridine rings is 2. The molecule has 1 saturated heterocycles. The summed E-state index contributed by atoms with van der Waals surface area (Å²) in [5, 5.41) is 9.78. The van der Waals surface area contributed by atoms with Crippen LogP contribution in [0, 0.1) is 5.82 Å².